The molecule has 0 spiro atoms. The summed E-state index contributed by atoms with van der Waals surface area (Å²) in [6.07, 6.45) is 1.82. The number of hydrogen-bond donors (Lipinski definition) is 0. The van der Waals surface area contributed by atoms with Crippen molar-refractivity contribution in [2.24, 2.45) is 5.10 Å². The van der Waals surface area contributed by atoms with Crippen LogP contribution in [0.2, 0.25) is 0 Å². The van der Waals surface area contributed by atoms with Crippen molar-refractivity contribution in [1.82, 2.24) is 14.9 Å². The van der Waals surface area contributed by atoms with E-state index in [0.717, 1.165) is 38.3 Å². The Labute approximate surface area is 200 Å². The van der Waals surface area contributed by atoms with E-state index in [-0.39, 0.29) is 5.92 Å². The predicted molar refractivity (Wildman–Crippen MR) is 134 cm³/mol. The van der Waals surface area contributed by atoms with Crippen LogP contribution in [0.5, 0.6) is 11.5 Å². The molecule has 1 aromatic heterocycles. The molecular weight excluding hydrogens is 484 g/mol. The number of halogens is 1. The predicted octanol–water partition coefficient (Wildman–Crippen LogP) is 7.13. The first-order chi connectivity index (χ1) is 15.6. The molecule has 4 rings (SSSR count). The second-order valence-corrected chi connectivity index (χ2v) is 9.31. The lowest BCUT2D eigenvalue weighted by atomic mass is 10.2. The third-order valence-corrected chi connectivity index (χ3v) is 6.11. The lowest BCUT2D eigenvalue weighted by Gasteiger charge is -2.08. The molecule has 0 saturated heterocycles. The van der Waals surface area contributed by atoms with Gasteiger partial charge in [0.05, 0.1) is 6.21 Å². The van der Waals surface area contributed by atoms with E-state index in [9.17, 15) is 0 Å². The first-order valence-electron chi connectivity index (χ1n) is 10.3. The molecule has 0 amide bonds. The molecule has 32 heavy (non-hydrogen) atoms. The summed E-state index contributed by atoms with van der Waals surface area (Å²) in [6.45, 7) is 4.18. The van der Waals surface area contributed by atoms with Crippen LogP contribution in [0, 0.1) is 0 Å². The first kappa shape index (κ1) is 22.3. The van der Waals surface area contributed by atoms with Crippen molar-refractivity contribution in [3.63, 3.8) is 0 Å². The van der Waals surface area contributed by atoms with Crippen LogP contribution < -0.4 is 4.74 Å². The second-order valence-electron chi connectivity index (χ2n) is 7.45. The molecule has 0 fully saturated rings. The maximum Gasteiger partial charge on any atom is 0.212 e. The van der Waals surface area contributed by atoms with Gasteiger partial charge in [0.2, 0.25) is 5.16 Å². The maximum atomic E-state index is 5.94. The molecule has 0 aliphatic heterocycles. The van der Waals surface area contributed by atoms with E-state index < -0.39 is 0 Å². The molecule has 0 radical (unpaired) electrons. The van der Waals surface area contributed by atoms with Gasteiger partial charge in [0.15, 0.2) is 5.82 Å². The van der Waals surface area contributed by atoms with Crippen molar-refractivity contribution < 1.29 is 4.74 Å². The standard InChI is InChI=1S/C25H23BrN4OS/c1-18(2)24-28-29-25(32-17-19-11-13-21(26)14-12-19)30(24)27-16-20-7-6-10-23(15-20)31-22-8-4-3-5-9-22/h3-16,18H,17H2,1-2H3/b27-16-. The van der Waals surface area contributed by atoms with Crippen molar-refractivity contribution in [1.29, 1.82) is 0 Å². The van der Waals surface area contributed by atoms with Crippen LogP contribution in [0.15, 0.2) is 93.6 Å². The number of rotatable bonds is 8. The molecule has 5 nitrogen and oxygen atoms in total. The molecule has 0 bridgehead atoms. The number of benzene rings is 3. The summed E-state index contributed by atoms with van der Waals surface area (Å²) in [5.74, 6) is 3.39. The normalized spacial score (nSPS) is 11.4. The van der Waals surface area contributed by atoms with Crippen molar-refractivity contribution in [3.8, 4) is 11.5 Å². The minimum atomic E-state index is 0.203. The molecule has 0 saturated carbocycles. The summed E-state index contributed by atoms with van der Waals surface area (Å²) in [7, 11) is 0. The third-order valence-electron chi connectivity index (χ3n) is 4.59. The smallest absolute Gasteiger partial charge is 0.212 e. The SMILES string of the molecule is CC(C)c1nnc(SCc2ccc(Br)cc2)n1/N=C\c1cccc(Oc2ccccc2)c1. The van der Waals surface area contributed by atoms with E-state index >= 15 is 0 Å². The lowest BCUT2D eigenvalue weighted by Crippen LogP contribution is -2.02. The van der Waals surface area contributed by atoms with Gasteiger partial charge in [0.25, 0.3) is 0 Å². The third kappa shape index (κ3) is 5.87. The van der Waals surface area contributed by atoms with Crippen LogP contribution >= 0.6 is 27.7 Å². The van der Waals surface area contributed by atoms with E-state index in [1.807, 2.05) is 77.6 Å². The number of hydrogen-bond acceptors (Lipinski definition) is 5. The summed E-state index contributed by atoms with van der Waals surface area (Å²) in [4.78, 5) is 0. The van der Waals surface area contributed by atoms with Crippen molar-refractivity contribution in [2.45, 2.75) is 30.7 Å². The van der Waals surface area contributed by atoms with Gasteiger partial charge in [-0.25, -0.2) is 0 Å². The quantitative estimate of drug-likeness (QED) is 0.188. The summed E-state index contributed by atoms with van der Waals surface area (Å²) < 4.78 is 8.84. The molecule has 7 heteroatoms. The molecule has 1 heterocycles. The van der Waals surface area contributed by atoms with Gasteiger partial charge >= 0.3 is 0 Å². The van der Waals surface area contributed by atoms with E-state index in [1.54, 1.807) is 11.8 Å². The topological polar surface area (TPSA) is 52.3 Å². The summed E-state index contributed by atoms with van der Waals surface area (Å²) in [6, 6.07) is 25.9. The van der Waals surface area contributed by atoms with E-state index in [1.165, 1.54) is 5.56 Å². The van der Waals surface area contributed by atoms with E-state index in [4.69, 9.17) is 9.84 Å². The zero-order valence-corrected chi connectivity index (χ0v) is 20.3. The van der Waals surface area contributed by atoms with Gasteiger partial charge in [0, 0.05) is 16.1 Å². The van der Waals surface area contributed by atoms with Crippen LogP contribution in [-0.2, 0) is 5.75 Å². The average molecular weight is 507 g/mol. The zero-order chi connectivity index (χ0) is 22.3. The van der Waals surface area contributed by atoms with E-state index in [2.05, 4.69) is 52.1 Å². The molecule has 0 aliphatic rings. The van der Waals surface area contributed by atoms with Gasteiger partial charge in [-0.05, 0) is 47.5 Å². The summed E-state index contributed by atoms with van der Waals surface area (Å²) in [5, 5.41) is 14.2. The van der Waals surface area contributed by atoms with Crippen LogP contribution in [0.4, 0.5) is 0 Å². The van der Waals surface area contributed by atoms with E-state index in [0.29, 0.717) is 0 Å². The number of ether oxygens (including phenoxy) is 1. The van der Waals surface area contributed by atoms with Gasteiger partial charge in [-0.3, -0.25) is 0 Å². The fourth-order valence-electron chi connectivity index (χ4n) is 2.97. The minimum absolute atomic E-state index is 0.203. The number of thioether (sulfide) groups is 1. The largest absolute Gasteiger partial charge is 0.457 e. The molecule has 4 aromatic rings. The molecule has 0 atom stereocenters. The average Bonchev–Trinajstić information content (AvgIpc) is 3.21. The van der Waals surface area contributed by atoms with Crippen LogP contribution in [0.25, 0.3) is 0 Å². The molecule has 3 aromatic carbocycles. The minimum Gasteiger partial charge on any atom is -0.457 e. The number of nitrogens with zero attached hydrogens (tertiary/aromatic N) is 4. The van der Waals surface area contributed by atoms with Crippen LogP contribution in [0.3, 0.4) is 0 Å². The highest BCUT2D eigenvalue weighted by molar-refractivity contribution is 9.10. The van der Waals surface area contributed by atoms with Crippen molar-refractivity contribution in [3.05, 3.63) is 100 Å². The second kappa shape index (κ2) is 10.6. The van der Waals surface area contributed by atoms with Crippen LogP contribution in [0.1, 0.15) is 36.7 Å². The molecule has 162 valence electrons. The first-order valence-corrected chi connectivity index (χ1v) is 12.1. The Morgan fingerprint density at radius 3 is 2.47 bits per heavy atom. The van der Waals surface area contributed by atoms with Crippen LogP contribution in [-0.4, -0.2) is 21.1 Å². The Balaban J connectivity index is 1.53. The van der Waals surface area contributed by atoms with Gasteiger partial charge in [-0.2, -0.15) is 9.78 Å². The fourth-order valence-corrected chi connectivity index (χ4v) is 4.09. The number of aromatic nitrogens is 3. The Kier molecular flexibility index (Phi) is 7.39. The summed E-state index contributed by atoms with van der Waals surface area (Å²) >= 11 is 5.10. The fraction of sp³-hybridized carbons (Fsp3) is 0.160. The van der Waals surface area contributed by atoms with Gasteiger partial charge in [0.1, 0.15) is 11.5 Å². The van der Waals surface area contributed by atoms with Gasteiger partial charge in [-0.15, -0.1) is 10.2 Å². The lowest BCUT2D eigenvalue weighted by molar-refractivity contribution is 0.482. The van der Waals surface area contributed by atoms with Gasteiger partial charge < -0.3 is 4.74 Å². The molecule has 0 unspecified atom stereocenters. The highest BCUT2D eigenvalue weighted by atomic mass is 79.9. The Morgan fingerprint density at radius 2 is 1.72 bits per heavy atom. The molecular formula is C25H23BrN4OS. The maximum absolute atomic E-state index is 5.94. The zero-order valence-electron chi connectivity index (χ0n) is 17.9. The Bertz CT molecular complexity index is 1190. The van der Waals surface area contributed by atoms with Crippen molar-refractivity contribution in [2.75, 3.05) is 0 Å². The Morgan fingerprint density at radius 1 is 0.969 bits per heavy atom. The highest BCUT2D eigenvalue weighted by Gasteiger charge is 2.15. The number of para-hydroxylation sites is 1. The molecule has 0 aliphatic carbocycles. The highest BCUT2D eigenvalue weighted by Crippen LogP contribution is 2.26. The summed E-state index contributed by atoms with van der Waals surface area (Å²) in [5.41, 5.74) is 2.15. The Hall–Kier alpha value is -2.90. The van der Waals surface area contributed by atoms with Crippen molar-refractivity contribution >= 4 is 33.9 Å². The molecule has 0 N–H and O–H groups in total. The van der Waals surface area contributed by atoms with Gasteiger partial charge in [-0.1, -0.05) is 84.0 Å². The monoisotopic (exact) mass is 506 g/mol.